The normalized spacial score (nSPS) is 14.2. The van der Waals surface area contributed by atoms with Crippen molar-refractivity contribution in [1.82, 2.24) is 4.90 Å². The maximum atomic E-state index is 13.5. The average molecular weight is 522 g/mol. The molecule has 0 aromatic heterocycles. The molecule has 4 rings (SSSR count). The maximum absolute atomic E-state index is 13.5. The van der Waals surface area contributed by atoms with Crippen LogP contribution in [0.25, 0.3) is 0 Å². The summed E-state index contributed by atoms with van der Waals surface area (Å²) in [7, 11) is -4.04. The van der Waals surface area contributed by atoms with E-state index in [-0.39, 0.29) is 38.9 Å². The van der Waals surface area contributed by atoms with E-state index in [2.05, 4.69) is 4.90 Å². The van der Waals surface area contributed by atoms with Crippen LogP contribution in [-0.4, -0.2) is 51.9 Å². The predicted octanol–water partition coefficient (Wildman–Crippen LogP) is 4.68. The summed E-state index contributed by atoms with van der Waals surface area (Å²) in [6, 6.07) is 18.6. The zero-order valence-electron chi connectivity index (χ0n) is 18.1. The zero-order valence-corrected chi connectivity index (χ0v) is 20.4. The third kappa shape index (κ3) is 5.29. The van der Waals surface area contributed by atoms with E-state index >= 15 is 0 Å². The van der Waals surface area contributed by atoms with Gasteiger partial charge in [0, 0.05) is 31.9 Å². The Bertz CT molecular complexity index is 1270. The fourth-order valence-corrected chi connectivity index (χ4v) is 5.48. The molecule has 1 amide bonds. The molecule has 6 nitrogen and oxygen atoms in total. The number of piperazine rings is 1. The van der Waals surface area contributed by atoms with Crippen LogP contribution in [0.3, 0.4) is 0 Å². The van der Waals surface area contributed by atoms with E-state index in [1.165, 1.54) is 42.5 Å². The highest BCUT2D eigenvalue weighted by atomic mass is 35.5. The van der Waals surface area contributed by atoms with Gasteiger partial charge < -0.3 is 9.80 Å². The van der Waals surface area contributed by atoms with E-state index in [0.717, 1.165) is 9.99 Å². The SMILES string of the molecule is O=C(CN(c1ccc(Cl)c(Cl)c1)S(=O)(=O)c1ccccc1)N1CCN(c2ccc(F)cc2)CC1. The number of rotatable bonds is 6. The van der Waals surface area contributed by atoms with E-state index in [1.54, 1.807) is 35.2 Å². The third-order valence-electron chi connectivity index (χ3n) is 5.63. The standard InChI is InChI=1S/C24H22Cl2FN3O3S/c25-22-11-10-20(16-23(22)26)30(34(32,33)21-4-2-1-3-5-21)17-24(31)29-14-12-28(13-15-29)19-8-6-18(27)7-9-19/h1-11,16H,12-15,17H2. The molecule has 0 unspecified atom stereocenters. The molecule has 3 aromatic rings. The second-order valence-electron chi connectivity index (χ2n) is 7.77. The minimum absolute atomic E-state index is 0.0648. The fraction of sp³-hybridized carbons (Fsp3) is 0.208. The highest BCUT2D eigenvalue weighted by molar-refractivity contribution is 7.92. The molecule has 0 aliphatic carbocycles. The van der Waals surface area contributed by atoms with E-state index < -0.39 is 10.0 Å². The second kappa shape index (κ2) is 10.2. The van der Waals surface area contributed by atoms with Crippen LogP contribution >= 0.6 is 23.2 Å². The van der Waals surface area contributed by atoms with Crippen molar-refractivity contribution < 1.29 is 17.6 Å². The molecule has 0 spiro atoms. The number of nitrogens with zero attached hydrogens (tertiary/aromatic N) is 3. The minimum atomic E-state index is -4.04. The molecule has 1 saturated heterocycles. The lowest BCUT2D eigenvalue weighted by Crippen LogP contribution is -2.52. The topological polar surface area (TPSA) is 60.9 Å². The molecule has 178 valence electrons. The van der Waals surface area contributed by atoms with Crippen LogP contribution in [-0.2, 0) is 14.8 Å². The van der Waals surface area contributed by atoms with Gasteiger partial charge in [-0.15, -0.1) is 0 Å². The largest absolute Gasteiger partial charge is 0.368 e. The van der Waals surface area contributed by atoms with Crippen molar-refractivity contribution in [3.8, 4) is 0 Å². The first kappa shape index (κ1) is 24.3. The Morgan fingerprint density at radius 2 is 1.53 bits per heavy atom. The van der Waals surface area contributed by atoms with Gasteiger partial charge in [-0.1, -0.05) is 41.4 Å². The minimum Gasteiger partial charge on any atom is -0.368 e. The first-order valence-corrected chi connectivity index (χ1v) is 12.8. The summed E-state index contributed by atoms with van der Waals surface area (Å²) in [5.41, 5.74) is 1.12. The van der Waals surface area contributed by atoms with Gasteiger partial charge in [-0.2, -0.15) is 0 Å². The number of amides is 1. The Labute approximate surface area is 208 Å². The monoisotopic (exact) mass is 521 g/mol. The molecule has 0 atom stereocenters. The van der Waals surface area contributed by atoms with Crippen LogP contribution in [0.4, 0.5) is 15.8 Å². The van der Waals surface area contributed by atoms with Crippen LogP contribution in [0.1, 0.15) is 0 Å². The number of carbonyl (C=O) groups is 1. The number of anilines is 2. The van der Waals surface area contributed by atoms with Crippen molar-refractivity contribution in [2.45, 2.75) is 4.90 Å². The Morgan fingerprint density at radius 1 is 0.882 bits per heavy atom. The number of benzene rings is 3. The molecular formula is C24H22Cl2FN3O3S. The van der Waals surface area contributed by atoms with E-state index in [9.17, 15) is 17.6 Å². The number of hydrogen-bond acceptors (Lipinski definition) is 4. The van der Waals surface area contributed by atoms with Crippen molar-refractivity contribution >= 4 is 50.5 Å². The van der Waals surface area contributed by atoms with Crippen molar-refractivity contribution in [2.24, 2.45) is 0 Å². The highest BCUT2D eigenvalue weighted by Gasteiger charge is 2.30. The number of sulfonamides is 1. The smallest absolute Gasteiger partial charge is 0.264 e. The summed E-state index contributed by atoms with van der Waals surface area (Å²) < 4.78 is 41.2. The Morgan fingerprint density at radius 3 is 2.15 bits per heavy atom. The summed E-state index contributed by atoms with van der Waals surface area (Å²) in [4.78, 5) is 16.9. The van der Waals surface area contributed by atoms with Gasteiger partial charge in [-0.3, -0.25) is 9.10 Å². The average Bonchev–Trinajstić information content (AvgIpc) is 2.85. The van der Waals surface area contributed by atoms with Gasteiger partial charge in [0.1, 0.15) is 12.4 Å². The summed E-state index contributed by atoms with van der Waals surface area (Å²) >= 11 is 12.2. The molecule has 1 fully saturated rings. The van der Waals surface area contributed by atoms with Crippen molar-refractivity contribution in [3.05, 3.63) is 88.7 Å². The van der Waals surface area contributed by atoms with Crippen LogP contribution in [0, 0.1) is 5.82 Å². The predicted molar refractivity (Wildman–Crippen MR) is 133 cm³/mol. The van der Waals surface area contributed by atoms with E-state index in [4.69, 9.17) is 23.2 Å². The summed E-state index contributed by atoms with van der Waals surface area (Å²) in [6.45, 7) is 1.55. The molecular weight excluding hydrogens is 500 g/mol. The van der Waals surface area contributed by atoms with Crippen LogP contribution < -0.4 is 9.21 Å². The lowest BCUT2D eigenvalue weighted by Gasteiger charge is -2.37. The Balaban J connectivity index is 1.54. The maximum Gasteiger partial charge on any atom is 0.264 e. The molecule has 1 aliphatic rings. The highest BCUT2D eigenvalue weighted by Crippen LogP contribution is 2.30. The summed E-state index contributed by atoms with van der Waals surface area (Å²) in [5, 5.41) is 0.471. The molecule has 0 radical (unpaired) electrons. The Kier molecular flexibility index (Phi) is 7.30. The molecule has 0 saturated carbocycles. The van der Waals surface area contributed by atoms with Crippen LogP contribution in [0.2, 0.25) is 10.0 Å². The molecule has 3 aromatic carbocycles. The van der Waals surface area contributed by atoms with Crippen molar-refractivity contribution in [2.75, 3.05) is 41.9 Å². The van der Waals surface area contributed by atoms with E-state index in [1.807, 2.05) is 0 Å². The van der Waals surface area contributed by atoms with Gasteiger partial charge in [0.2, 0.25) is 5.91 Å². The number of carbonyl (C=O) groups excluding carboxylic acids is 1. The van der Waals surface area contributed by atoms with Gasteiger partial charge in [0.15, 0.2) is 0 Å². The molecule has 10 heteroatoms. The second-order valence-corrected chi connectivity index (χ2v) is 10.4. The number of hydrogen-bond donors (Lipinski definition) is 0. The van der Waals surface area contributed by atoms with Gasteiger partial charge in [-0.05, 0) is 54.6 Å². The van der Waals surface area contributed by atoms with Crippen LogP contribution in [0.5, 0.6) is 0 Å². The summed E-state index contributed by atoms with van der Waals surface area (Å²) in [6.07, 6.45) is 0. The quantitative estimate of drug-likeness (QED) is 0.472. The fourth-order valence-electron chi connectivity index (χ4n) is 3.76. The summed E-state index contributed by atoms with van der Waals surface area (Å²) in [5.74, 6) is -0.635. The van der Waals surface area contributed by atoms with Gasteiger partial charge in [0.05, 0.1) is 20.6 Å². The van der Waals surface area contributed by atoms with Gasteiger partial charge >= 0.3 is 0 Å². The third-order valence-corrected chi connectivity index (χ3v) is 8.15. The first-order chi connectivity index (χ1) is 16.3. The van der Waals surface area contributed by atoms with Crippen LogP contribution in [0.15, 0.2) is 77.7 Å². The molecule has 0 bridgehead atoms. The number of halogens is 3. The lowest BCUT2D eigenvalue weighted by molar-refractivity contribution is -0.129. The lowest BCUT2D eigenvalue weighted by atomic mass is 10.2. The van der Waals surface area contributed by atoms with Crippen molar-refractivity contribution in [1.29, 1.82) is 0 Å². The molecule has 0 N–H and O–H groups in total. The van der Waals surface area contributed by atoms with Gasteiger partial charge in [-0.25, -0.2) is 12.8 Å². The molecule has 34 heavy (non-hydrogen) atoms. The van der Waals surface area contributed by atoms with E-state index in [0.29, 0.717) is 26.2 Å². The first-order valence-electron chi connectivity index (χ1n) is 10.6. The zero-order chi connectivity index (χ0) is 24.3. The van der Waals surface area contributed by atoms with Crippen molar-refractivity contribution in [3.63, 3.8) is 0 Å². The molecule has 1 aliphatic heterocycles. The van der Waals surface area contributed by atoms with Gasteiger partial charge in [0.25, 0.3) is 10.0 Å². The molecule has 1 heterocycles. The Hall–Kier alpha value is -2.81.